The van der Waals surface area contributed by atoms with E-state index in [2.05, 4.69) is 4.72 Å². The maximum absolute atomic E-state index is 12.7. The summed E-state index contributed by atoms with van der Waals surface area (Å²) < 4.78 is 27.3. The predicted molar refractivity (Wildman–Crippen MR) is 103 cm³/mol. The first-order chi connectivity index (χ1) is 12.0. The molecule has 0 spiro atoms. The molecule has 0 aliphatic carbocycles. The quantitative estimate of drug-likeness (QED) is 0.870. The lowest BCUT2D eigenvalue weighted by Gasteiger charge is -2.25. The molecule has 2 rings (SSSR count). The van der Waals surface area contributed by atoms with Gasteiger partial charge in [0, 0.05) is 18.2 Å². The zero-order valence-corrected chi connectivity index (χ0v) is 16.7. The fraction of sp³-hybridized carbons (Fsp3) is 0.350. The van der Waals surface area contributed by atoms with Crippen molar-refractivity contribution in [3.63, 3.8) is 0 Å². The van der Waals surface area contributed by atoms with Gasteiger partial charge in [0.05, 0.1) is 10.9 Å². The number of carbonyl (C=O) groups is 1. The van der Waals surface area contributed by atoms with Gasteiger partial charge in [0.25, 0.3) is 5.91 Å². The van der Waals surface area contributed by atoms with Crippen molar-refractivity contribution in [2.75, 3.05) is 7.05 Å². The van der Waals surface area contributed by atoms with Crippen LogP contribution in [0.5, 0.6) is 0 Å². The zero-order valence-electron chi connectivity index (χ0n) is 15.9. The molecule has 6 heteroatoms. The Morgan fingerprint density at radius 3 is 2.04 bits per heavy atom. The van der Waals surface area contributed by atoms with E-state index < -0.39 is 15.6 Å². The van der Waals surface area contributed by atoms with Crippen molar-refractivity contribution in [1.82, 2.24) is 9.62 Å². The van der Waals surface area contributed by atoms with Gasteiger partial charge in [-0.25, -0.2) is 13.1 Å². The number of nitrogens with zero attached hydrogens (tertiary/aromatic N) is 1. The van der Waals surface area contributed by atoms with Crippen molar-refractivity contribution in [3.8, 4) is 0 Å². The third-order valence-corrected chi connectivity index (χ3v) is 5.81. The molecule has 0 radical (unpaired) electrons. The maximum Gasteiger partial charge on any atom is 0.254 e. The summed E-state index contributed by atoms with van der Waals surface area (Å²) in [7, 11) is -1.87. The Hall–Kier alpha value is -2.18. The molecule has 2 aromatic carbocycles. The standard InChI is InChI=1S/C20H26N2O3S/c1-15(16-9-7-6-8-10-16)22(5)19(23)17-11-13-18(14-12-17)26(24,25)21-20(2,3)4/h6-15,21H,1-5H3. The summed E-state index contributed by atoms with van der Waals surface area (Å²) in [5, 5.41) is 0. The number of nitrogens with one attached hydrogen (secondary N) is 1. The molecule has 2 aromatic rings. The Morgan fingerprint density at radius 2 is 1.54 bits per heavy atom. The normalized spacial score (nSPS) is 13.3. The highest BCUT2D eigenvalue weighted by Gasteiger charge is 2.23. The van der Waals surface area contributed by atoms with E-state index in [4.69, 9.17) is 0 Å². The van der Waals surface area contributed by atoms with Gasteiger partial charge in [-0.3, -0.25) is 4.79 Å². The number of amides is 1. The molecule has 0 saturated heterocycles. The number of hydrogen-bond acceptors (Lipinski definition) is 3. The molecule has 0 aromatic heterocycles. The van der Waals surface area contributed by atoms with E-state index >= 15 is 0 Å². The van der Waals surface area contributed by atoms with Crippen LogP contribution in [0.2, 0.25) is 0 Å². The fourth-order valence-corrected chi connectivity index (χ4v) is 3.99. The van der Waals surface area contributed by atoms with Crippen LogP contribution in [0.15, 0.2) is 59.5 Å². The molecule has 1 atom stereocenters. The molecular formula is C20H26N2O3S. The van der Waals surface area contributed by atoms with Gasteiger partial charge in [-0.2, -0.15) is 0 Å². The number of sulfonamides is 1. The monoisotopic (exact) mass is 374 g/mol. The minimum absolute atomic E-state index is 0.0883. The van der Waals surface area contributed by atoms with Crippen molar-refractivity contribution < 1.29 is 13.2 Å². The van der Waals surface area contributed by atoms with Gasteiger partial charge in [0.1, 0.15) is 0 Å². The molecule has 0 fully saturated rings. The molecule has 0 aliphatic rings. The zero-order chi connectivity index (χ0) is 19.5. The molecule has 5 nitrogen and oxygen atoms in total. The largest absolute Gasteiger partial charge is 0.335 e. The minimum Gasteiger partial charge on any atom is -0.335 e. The SMILES string of the molecule is CC(c1ccccc1)N(C)C(=O)c1ccc(S(=O)(=O)NC(C)(C)C)cc1. The van der Waals surface area contributed by atoms with E-state index in [1.807, 2.05) is 37.3 Å². The summed E-state index contributed by atoms with van der Waals surface area (Å²) in [6.45, 7) is 7.30. The fourth-order valence-electron chi connectivity index (χ4n) is 2.57. The van der Waals surface area contributed by atoms with Gasteiger partial charge in [-0.15, -0.1) is 0 Å². The first-order valence-electron chi connectivity index (χ1n) is 8.47. The van der Waals surface area contributed by atoms with E-state index in [9.17, 15) is 13.2 Å². The van der Waals surface area contributed by atoms with Crippen LogP contribution >= 0.6 is 0 Å². The predicted octanol–water partition coefficient (Wildman–Crippen LogP) is 3.60. The van der Waals surface area contributed by atoms with Crippen LogP contribution < -0.4 is 4.72 Å². The molecule has 1 unspecified atom stereocenters. The second-order valence-corrected chi connectivity index (χ2v) is 9.06. The lowest BCUT2D eigenvalue weighted by molar-refractivity contribution is 0.0742. The lowest BCUT2D eigenvalue weighted by Crippen LogP contribution is -2.40. The molecule has 0 bridgehead atoms. The summed E-state index contributed by atoms with van der Waals surface area (Å²) in [5.74, 6) is -0.158. The van der Waals surface area contributed by atoms with Crippen LogP contribution in [0.3, 0.4) is 0 Å². The van der Waals surface area contributed by atoms with Crippen molar-refractivity contribution in [2.45, 2.75) is 44.2 Å². The van der Waals surface area contributed by atoms with Gasteiger partial charge >= 0.3 is 0 Å². The van der Waals surface area contributed by atoms with Crippen molar-refractivity contribution in [1.29, 1.82) is 0 Å². The molecule has 1 N–H and O–H groups in total. The minimum atomic E-state index is -3.61. The van der Waals surface area contributed by atoms with Crippen LogP contribution in [0.1, 0.15) is 49.7 Å². The molecule has 26 heavy (non-hydrogen) atoms. The number of rotatable bonds is 5. The highest BCUT2D eigenvalue weighted by Crippen LogP contribution is 2.21. The highest BCUT2D eigenvalue weighted by atomic mass is 32.2. The Kier molecular flexibility index (Phi) is 5.88. The average molecular weight is 375 g/mol. The van der Waals surface area contributed by atoms with Crippen molar-refractivity contribution >= 4 is 15.9 Å². The first kappa shape index (κ1) is 20.1. The van der Waals surface area contributed by atoms with Crippen molar-refractivity contribution in [3.05, 3.63) is 65.7 Å². The third kappa shape index (κ3) is 4.93. The van der Waals surface area contributed by atoms with Gasteiger partial charge in [-0.05, 0) is 57.5 Å². The topological polar surface area (TPSA) is 66.5 Å². The Bertz CT molecular complexity index is 854. The molecule has 0 aliphatic heterocycles. The van der Waals surface area contributed by atoms with E-state index in [0.717, 1.165) is 5.56 Å². The molecule has 1 amide bonds. The highest BCUT2D eigenvalue weighted by molar-refractivity contribution is 7.89. The summed E-state index contributed by atoms with van der Waals surface area (Å²) >= 11 is 0. The lowest BCUT2D eigenvalue weighted by atomic mass is 10.1. The third-order valence-electron chi connectivity index (χ3n) is 4.04. The maximum atomic E-state index is 12.7. The van der Waals surface area contributed by atoms with Crippen LogP contribution in [0.4, 0.5) is 0 Å². The summed E-state index contributed by atoms with van der Waals surface area (Å²) in [4.78, 5) is 14.5. The smallest absolute Gasteiger partial charge is 0.254 e. The van der Waals surface area contributed by atoms with Crippen LogP contribution in [0.25, 0.3) is 0 Å². The van der Waals surface area contributed by atoms with Gasteiger partial charge < -0.3 is 4.90 Å². The van der Waals surface area contributed by atoms with E-state index in [0.29, 0.717) is 5.56 Å². The van der Waals surface area contributed by atoms with Gasteiger partial charge in [-0.1, -0.05) is 30.3 Å². The summed E-state index contributed by atoms with van der Waals surface area (Å²) in [6.07, 6.45) is 0. The second-order valence-electron chi connectivity index (χ2n) is 7.38. The number of carbonyl (C=O) groups excluding carboxylic acids is 1. The molecule has 0 saturated carbocycles. The van der Waals surface area contributed by atoms with Gasteiger partial charge in [0.2, 0.25) is 10.0 Å². The van der Waals surface area contributed by atoms with Gasteiger partial charge in [0.15, 0.2) is 0 Å². The van der Waals surface area contributed by atoms with E-state index in [1.165, 1.54) is 12.1 Å². The molecule has 140 valence electrons. The van der Waals surface area contributed by atoms with E-state index in [1.54, 1.807) is 44.9 Å². The Morgan fingerprint density at radius 1 is 1.00 bits per heavy atom. The Labute approximate surface area is 156 Å². The molecule has 0 heterocycles. The number of hydrogen-bond donors (Lipinski definition) is 1. The average Bonchev–Trinajstić information content (AvgIpc) is 2.58. The van der Waals surface area contributed by atoms with Crippen LogP contribution in [-0.4, -0.2) is 31.8 Å². The van der Waals surface area contributed by atoms with Crippen molar-refractivity contribution in [2.24, 2.45) is 0 Å². The van der Waals surface area contributed by atoms with E-state index in [-0.39, 0.29) is 16.8 Å². The summed E-state index contributed by atoms with van der Waals surface area (Å²) in [6, 6.07) is 15.7. The first-order valence-corrected chi connectivity index (χ1v) is 9.96. The van der Waals surface area contributed by atoms with Crippen LogP contribution in [0, 0.1) is 0 Å². The van der Waals surface area contributed by atoms with Crippen LogP contribution in [-0.2, 0) is 10.0 Å². The molecular weight excluding hydrogens is 348 g/mol. The summed E-state index contributed by atoms with van der Waals surface area (Å²) in [5.41, 5.74) is 0.917. The Balaban J connectivity index is 2.18. The second kappa shape index (κ2) is 7.60. The number of benzene rings is 2.